The zero-order chi connectivity index (χ0) is 27.2. The average molecular weight is 535 g/mol. The minimum atomic E-state index is -1.19. The summed E-state index contributed by atoms with van der Waals surface area (Å²) in [5, 5.41) is 15.2. The van der Waals surface area contributed by atoms with E-state index >= 15 is 0 Å². The van der Waals surface area contributed by atoms with Crippen molar-refractivity contribution in [3.8, 4) is 0 Å². The molecule has 2 aromatic carbocycles. The van der Waals surface area contributed by atoms with Crippen LogP contribution in [0.5, 0.6) is 0 Å². The number of carboxylic acids is 1. The molecular weight excluding hydrogens is 508 g/mol. The summed E-state index contributed by atoms with van der Waals surface area (Å²) in [5.74, 6) is -2.24. The van der Waals surface area contributed by atoms with Crippen LogP contribution >= 0.6 is 11.6 Å². The fraction of sp³-hybridized carbons (Fsp3) is 0.250. The van der Waals surface area contributed by atoms with Crippen molar-refractivity contribution < 1.29 is 24.3 Å². The van der Waals surface area contributed by atoms with E-state index in [1.807, 2.05) is 30.3 Å². The van der Waals surface area contributed by atoms with Gasteiger partial charge in [0.15, 0.2) is 0 Å². The number of hydrogen-bond acceptors (Lipinski definition) is 5. The molecule has 9 nitrogen and oxygen atoms in total. The molecule has 3 N–H and O–H groups in total. The minimum Gasteiger partial charge on any atom is -0.480 e. The first-order valence-corrected chi connectivity index (χ1v) is 12.5. The number of hydrogen-bond donors (Lipinski definition) is 3. The number of amides is 3. The molecule has 1 saturated heterocycles. The van der Waals surface area contributed by atoms with Crippen LogP contribution in [-0.2, 0) is 27.3 Å². The van der Waals surface area contributed by atoms with E-state index in [1.165, 1.54) is 4.90 Å². The number of nitrogens with one attached hydrogen (secondary N) is 2. The highest BCUT2D eigenvalue weighted by Crippen LogP contribution is 2.22. The van der Waals surface area contributed by atoms with Gasteiger partial charge in [0.2, 0.25) is 11.8 Å². The van der Waals surface area contributed by atoms with Gasteiger partial charge in [-0.05, 0) is 48.7 Å². The van der Waals surface area contributed by atoms with Gasteiger partial charge in [0.05, 0.1) is 5.56 Å². The summed E-state index contributed by atoms with van der Waals surface area (Å²) >= 11 is 6.07. The average Bonchev–Trinajstić information content (AvgIpc) is 3.25. The van der Waals surface area contributed by atoms with E-state index in [1.54, 1.807) is 43.3 Å². The molecule has 38 heavy (non-hydrogen) atoms. The van der Waals surface area contributed by atoms with Crippen LogP contribution in [0.1, 0.15) is 40.0 Å². The molecule has 196 valence electrons. The van der Waals surface area contributed by atoms with Crippen LogP contribution in [0.3, 0.4) is 0 Å². The Morgan fingerprint density at radius 3 is 2.42 bits per heavy atom. The van der Waals surface area contributed by atoms with E-state index in [-0.39, 0.29) is 36.0 Å². The van der Waals surface area contributed by atoms with Gasteiger partial charge in [0.1, 0.15) is 17.2 Å². The Balaban J connectivity index is 1.38. The topological polar surface area (TPSA) is 129 Å². The van der Waals surface area contributed by atoms with E-state index in [4.69, 9.17) is 11.6 Å². The second kappa shape index (κ2) is 11.9. The van der Waals surface area contributed by atoms with Crippen LogP contribution < -0.4 is 10.6 Å². The lowest BCUT2D eigenvalue weighted by Gasteiger charge is -2.26. The minimum absolute atomic E-state index is 0.0301. The highest BCUT2D eigenvalue weighted by Gasteiger charge is 2.37. The van der Waals surface area contributed by atoms with Crippen LogP contribution in [0.2, 0.25) is 5.15 Å². The first kappa shape index (κ1) is 26.8. The molecule has 0 saturated carbocycles. The number of pyridine rings is 1. The summed E-state index contributed by atoms with van der Waals surface area (Å²) in [6.07, 6.45) is 0.598. The lowest BCUT2D eigenvalue weighted by Crippen LogP contribution is -2.50. The zero-order valence-electron chi connectivity index (χ0n) is 20.7. The summed E-state index contributed by atoms with van der Waals surface area (Å²) in [5.41, 5.74) is 2.96. The molecule has 10 heteroatoms. The molecule has 1 fully saturated rings. The molecule has 0 unspecified atom stereocenters. The Morgan fingerprint density at radius 2 is 1.76 bits per heavy atom. The predicted octanol–water partition coefficient (Wildman–Crippen LogP) is 3.60. The standard InChI is InChI=1S/C28H27ClN4O5/c1-17-7-12-21(25(29)30-17)26(35)31-20-10-8-18(9-11-20)15-22(28(37)38)32-27(36)23-13-14-24(34)33(23)16-19-5-3-2-4-6-19/h2-12,22-23H,13-16H2,1H3,(H,31,35)(H,32,36)(H,37,38)/t22-,23-/m0/s1. The van der Waals surface area contributed by atoms with Gasteiger partial charge < -0.3 is 20.6 Å². The van der Waals surface area contributed by atoms with Gasteiger partial charge in [-0.25, -0.2) is 9.78 Å². The summed E-state index contributed by atoms with van der Waals surface area (Å²) in [7, 11) is 0. The highest BCUT2D eigenvalue weighted by atomic mass is 35.5. The van der Waals surface area contributed by atoms with Gasteiger partial charge >= 0.3 is 5.97 Å². The van der Waals surface area contributed by atoms with Gasteiger partial charge in [-0.3, -0.25) is 14.4 Å². The zero-order valence-corrected chi connectivity index (χ0v) is 21.4. The molecule has 0 spiro atoms. The molecule has 2 heterocycles. The monoisotopic (exact) mass is 534 g/mol. The first-order chi connectivity index (χ1) is 18.2. The van der Waals surface area contributed by atoms with Crippen molar-refractivity contribution in [1.82, 2.24) is 15.2 Å². The van der Waals surface area contributed by atoms with E-state index in [2.05, 4.69) is 15.6 Å². The predicted molar refractivity (Wildman–Crippen MR) is 142 cm³/mol. The second-order valence-electron chi connectivity index (χ2n) is 9.11. The van der Waals surface area contributed by atoms with E-state index in [0.717, 1.165) is 5.56 Å². The first-order valence-electron chi connectivity index (χ1n) is 12.1. The number of carbonyl (C=O) groups is 4. The van der Waals surface area contributed by atoms with Crippen LogP contribution in [0, 0.1) is 6.92 Å². The number of likely N-dealkylation sites (tertiary alicyclic amines) is 1. The van der Waals surface area contributed by atoms with Gasteiger partial charge in [0.25, 0.3) is 5.91 Å². The number of aromatic nitrogens is 1. The molecule has 3 aromatic rings. The van der Waals surface area contributed by atoms with Crippen LogP contribution in [0.4, 0.5) is 5.69 Å². The third-order valence-corrected chi connectivity index (χ3v) is 6.61. The highest BCUT2D eigenvalue weighted by molar-refractivity contribution is 6.33. The number of anilines is 1. The van der Waals surface area contributed by atoms with Crippen molar-refractivity contribution in [2.24, 2.45) is 0 Å². The van der Waals surface area contributed by atoms with Gasteiger partial charge in [0, 0.05) is 30.8 Å². The number of aliphatic carboxylic acids is 1. The largest absolute Gasteiger partial charge is 0.480 e. The lowest BCUT2D eigenvalue weighted by molar-refractivity contribution is -0.143. The molecule has 0 bridgehead atoms. The normalized spacial score (nSPS) is 15.7. The third-order valence-electron chi connectivity index (χ3n) is 6.33. The molecule has 0 aliphatic carbocycles. The maximum atomic E-state index is 13.0. The van der Waals surface area contributed by atoms with E-state index in [9.17, 15) is 24.3 Å². The molecule has 1 aliphatic rings. The summed E-state index contributed by atoms with van der Waals surface area (Å²) in [4.78, 5) is 55.5. The van der Waals surface area contributed by atoms with Crippen molar-refractivity contribution in [1.29, 1.82) is 0 Å². The van der Waals surface area contributed by atoms with E-state index < -0.39 is 29.9 Å². The summed E-state index contributed by atoms with van der Waals surface area (Å²) in [6, 6.07) is 17.3. The molecule has 2 atom stereocenters. The maximum Gasteiger partial charge on any atom is 0.326 e. The van der Waals surface area contributed by atoms with Gasteiger partial charge in [-0.1, -0.05) is 54.1 Å². The van der Waals surface area contributed by atoms with Crippen LogP contribution in [0.15, 0.2) is 66.7 Å². The number of halogens is 1. The van der Waals surface area contributed by atoms with Crippen LogP contribution in [-0.4, -0.2) is 50.8 Å². The number of aryl methyl sites for hydroxylation is 1. The molecule has 4 rings (SSSR count). The number of carboxylic acid groups (broad SMARTS) is 1. The third kappa shape index (κ3) is 6.54. The molecular formula is C28H27ClN4O5. The van der Waals surface area contributed by atoms with Crippen molar-refractivity contribution in [3.05, 3.63) is 94.3 Å². The quantitative estimate of drug-likeness (QED) is 0.360. The molecule has 1 aromatic heterocycles. The van der Waals surface area contributed by atoms with Gasteiger partial charge in [-0.15, -0.1) is 0 Å². The Labute approximate surface area is 224 Å². The fourth-order valence-corrected chi connectivity index (χ4v) is 4.59. The second-order valence-corrected chi connectivity index (χ2v) is 9.47. The fourth-order valence-electron chi connectivity index (χ4n) is 4.31. The number of nitrogens with zero attached hydrogens (tertiary/aromatic N) is 2. The van der Waals surface area contributed by atoms with E-state index in [0.29, 0.717) is 23.4 Å². The Hall–Kier alpha value is -4.24. The lowest BCUT2D eigenvalue weighted by atomic mass is 10.0. The van der Waals surface area contributed by atoms with Crippen molar-refractivity contribution in [2.75, 3.05) is 5.32 Å². The number of carbonyl (C=O) groups excluding carboxylic acids is 3. The summed E-state index contributed by atoms with van der Waals surface area (Å²) < 4.78 is 0. The Kier molecular flexibility index (Phi) is 8.38. The number of rotatable bonds is 9. The Bertz CT molecular complexity index is 1350. The van der Waals surface area contributed by atoms with Crippen molar-refractivity contribution >= 4 is 41.0 Å². The molecule has 0 radical (unpaired) electrons. The van der Waals surface area contributed by atoms with Crippen molar-refractivity contribution in [3.63, 3.8) is 0 Å². The summed E-state index contributed by atoms with van der Waals surface area (Å²) in [6.45, 7) is 2.06. The molecule has 3 amide bonds. The maximum absolute atomic E-state index is 13.0. The van der Waals surface area contributed by atoms with Crippen LogP contribution in [0.25, 0.3) is 0 Å². The number of benzene rings is 2. The van der Waals surface area contributed by atoms with Gasteiger partial charge in [-0.2, -0.15) is 0 Å². The Morgan fingerprint density at radius 1 is 1.05 bits per heavy atom. The molecule has 1 aliphatic heterocycles. The smallest absolute Gasteiger partial charge is 0.326 e. The van der Waals surface area contributed by atoms with Crippen molar-refractivity contribution in [2.45, 2.75) is 44.8 Å². The SMILES string of the molecule is Cc1ccc(C(=O)Nc2ccc(C[C@H](NC(=O)[C@@H]3CCC(=O)N3Cc3ccccc3)C(=O)O)cc2)c(Cl)n1.